The van der Waals surface area contributed by atoms with E-state index in [-0.39, 0.29) is 42.5 Å². The summed E-state index contributed by atoms with van der Waals surface area (Å²) in [6.07, 6.45) is 1.32. The summed E-state index contributed by atoms with van der Waals surface area (Å²) in [5.74, 6) is -0.00217. The normalized spacial score (nSPS) is 22.6. The number of hydrogen-bond acceptors (Lipinski definition) is 6. The summed E-state index contributed by atoms with van der Waals surface area (Å²) in [5.41, 5.74) is 1.05. The lowest BCUT2D eigenvalue weighted by Gasteiger charge is -2.35. The van der Waals surface area contributed by atoms with Crippen molar-refractivity contribution >= 4 is 29.2 Å². The highest BCUT2D eigenvalue weighted by atomic mass is 16.5. The van der Waals surface area contributed by atoms with E-state index in [1.807, 2.05) is 11.9 Å². The van der Waals surface area contributed by atoms with Gasteiger partial charge in [-0.1, -0.05) is 0 Å². The topological polar surface area (TPSA) is 108 Å². The second kappa shape index (κ2) is 8.43. The fourth-order valence-electron chi connectivity index (χ4n) is 4.24. The molecule has 2 fully saturated rings. The predicted octanol–water partition coefficient (Wildman–Crippen LogP) is 0.259. The van der Waals surface area contributed by atoms with Crippen molar-refractivity contribution in [2.75, 3.05) is 45.2 Å². The minimum absolute atomic E-state index is 0.0103. The van der Waals surface area contributed by atoms with Crippen LogP contribution in [-0.4, -0.2) is 79.2 Å². The van der Waals surface area contributed by atoms with E-state index in [0.29, 0.717) is 49.5 Å². The number of hydrogen-bond donors (Lipinski definition) is 2. The van der Waals surface area contributed by atoms with Gasteiger partial charge in [0.05, 0.1) is 18.2 Å². The van der Waals surface area contributed by atoms with Crippen LogP contribution in [0.25, 0.3) is 0 Å². The highest BCUT2D eigenvalue weighted by molar-refractivity contribution is 6.01. The van der Waals surface area contributed by atoms with Gasteiger partial charge in [0.25, 0.3) is 5.91 Å². The van der Waals surface area contributed by atoms with E-state index in [4.69, 9.17) is 4.74 Å². The number of piperidine rings is 1. The van der Waals surface area contributed by atoms with Gasteiger partial charge in [-0.2, -0.15) is 0 Å². The van der Waals surface area contributed by atoms with Crippen molar-refractivity contribution in [3.05, 3.63) is 23.8 Å². The van der Waals surface area contributed by atoms with Crippen LogP contribution in [0.3, 0.4) is 0 Å². The number of ether oxygens (including phenoxy) is 1. The lowest BCUT2D eigenvalue weighted by molar-refractivity contribution is -0.139. The molecule has 3 amide bonds. The number of carbonyl (C=O) groups is 4. The van der Waals surface area contributed by atoms with Crippen molar-refractivity contribution in [1.29, 1.82) is 0 Å². The molecular weight excluding hydrogens is 388 g/mol. The van der Waals surface area contributed by atoms with Gasteiger partial charge in [0, 0.05) is 37.7 Å². The third kappa shape index (κ3) is 4.16. The molecule has 0 saturated carbocycles. The summed E-state index contributed by atoms with van der Waals surface area (Å²) in [7, 11) is 1.85. The van der Waals surface area contributed by atoms with Crippen molar-refractivity contribution in [2.24, 2.45) is 5.92 Å². The Balaban J connectivity index is 1.33. The molecule has 1 atom stereocenters. The first-order valence-corrected chi connectivity index (χ1v) is 10.3. The number of nitrogens with zero attached hydrogens (tertiary/aromatic N) is 2. The SMILES string of the molecule is CN1CCNC(=O)[C@H]1CC(=O)N1CCC(C(=O)c2ccc3c(c2)NC(=O)CO3)CC1. The number of carbonyl (C=O) groups excluding carboxylic acids is 4. The van der Waals surface area contributed by atoms with E-state index >= 15 is 0 Å². The average Bonchev–Trinajstić information content (AvgIpc) is 2.75. The summed E-state index contributed by atoms with van der Waals surface area (Å²) in [4.78, 5) is 52.8. The van der Waals surface area contributed by atoms with Crippen LogP contribution in [0.1, 0.15) is 29.6 Å². The van der Waals surface area contributed by atoms with Crippen molar-refractivity contribution in [3.63, 3.8) is 0 Å². The third-order valence-electron chi connectivity index (χ3n) is 6.08. The number of nitrogens with one attached hydrogen (secondary N) is 2. The van der Waals surface area contributed by atoms with Gasteiger partial charge in [-0.25, -0.2) is 0 Å². The fourth-order valence-corrected chi connectivity index (χ4v) is 4.24. The minimum Gasteiger partial charge on any atom is -0.482 e. The Morgan fingerprint density at radius 2 is 1.93 bits per heavy atom. The molecule has 0 spiro atoms. The molecule has 0 aliphatic carbocycles. The van der Waals surface area contributed by atoms with Gasteiger partial charge in [0.1, 0.15) is 5.75 Å². The van der Waals surface area contributed by atoms with Gasteiger partial charge in [-0.05, 0) is 38.1 Å². The van der Waals surface area contributed by atoms with Gasteiger partial charge in [-0.15, -0.1) is 0 Å². The van der Waals surface area contributed by atoms with Crippen LogP contribution in [0, 0.1) is 5.92 Å². The molecule has 0 unspecified atom stereocenters. The number of fused-ring (bicyclic) bond motifs is 1. The van der Waals surface area contributed by atoms with Crippen LogP contribution < -0.4 is 15.4 Å². The predicted molar refractivity (Wildman–Crippen MR) is 108 cm³/mol. The third-order valence-corrected chi connectivity index (χ3v) is 6.08. The van der Waals surface area contributed by atoms with E-state index in [0.717, 1.165) is 6.54 Å². The van der Waals surface area contributed by atoms with Crippen LogP contribution in [0.5, 0.6) is 5.75 Å². The maximum atomic E-state index is 12.9. The molecule has 3 heterocycles. The van der Waals surface area contributed by atoms with Crippen LogP contribution >= 0.6 is 0 Å². The van der Waals surface area contributed by atoms with Crippen molar-refractivity contribution < 1.29 is 23.9 Å². The van der Waals surface area contributed by atoms with E-state index in [1.165, 1.54) is 0 Å². The second-order valence-electron chi connectivity index (χ2n) is 8.06. The van der Waals surface area contributed by atoms with Crippen LogP contribution in [0.15, 0.2) is 18.2 Å². The zero-order valence-corrected chi connectivity index (χ0v) is 17.0. The summed E-state index contributed by atoms with van der Waals surface area (Å²) in [6, 6.07) is 4.64. The van der Waals surface area contributed by atoms with E-state index in [2.05, 4.69) is 10.6 Å². The van der Waals surface area contributed by atoms with E-state index < -0.39 is 6.04 Å². The Morgan fingerprint density at radius 1 is 1.17 bits per heavy atom. The zero-order chi connectivity index (χ0) is 21.3. The number of amides is 3. The lowest BCUT2D eigenvalue weighted by atomic mass is 9.88. The number of Topliss-reactive ketones (excluding diaryl/α,β-unsaturated/α-hetero) is 1. The minimum atomic E-state index is -0.432. The molecule has 4 rings (SSSR count). The molecule has 30 heavy (non-hydrogen) atoms. The standard InChI is InChI=1S/C21H26N4O5/c1-24-9-6-22-21(29)16(24)11-19(27)25-7-4-13(5-8-25)20(28)14-2-3-17-15(10-14)23-18(26)12-30-17/h2-3,10,13,16H,4-9,11-12H2,1H3,(H,22,29)(H,23,26)/t16-/m1/s1. The number of piperazine rings is 1. The molecule has 0 radical (unpaired) electrons. The Labute approximate surface area is 174 Å². The molecule has 9 nitrogen and oxygen atoms in total. The molecule has 2 saturated heterocycles. The second-order valence-corrected chi connectivity index (χ2v) is 8.06. The maximum absolute atomic E-state index is 12.9. The molecule has 1 aromatic rings. The number of likely N-dealkylation sites (N-methyl/N-ethyl adjacent to an activating group) is 1. The van der Waals surface area contributed by atoms with Crippen molar-refractivity contribution in [3.8, 4) is 5.75 Å². The Hall–Kier alpha value is -2.94. The van der Waals surface area contributed by atoms with Gasteiger partial charge < -0.3 is 20.3 Å². The average molecular weight is 414 g/mol. The molecular formula is C21H26N4O5. The van der Waals surface area contributed by atoms with Gasteiger partial charge >= 0.3 is 0 Å². The van der Waals surface area contributed by atoms with Gasteiger partial charge in [-0.3, -0.25) is 24.1 Å². The lowest BCUT2D eigenvalue weighted by Crippen LogP contribution is -2.55. The quantitative estimate of drug-likeness (QED) is 0.685. The summed E-state index contributed by atoms with van der Waals surface area (Å²) in [5, 5.41) is 5.52. The molecule has 0 aromatic heterocycles. The Kier molecular flexibility index (Phi) is 5.72. The van der Waals surface area contributed by atoms with Crippen LogP contribution in [-0.2, 0) is 14.4 Å². The molecule has 1 aromatic carbocycles. The monoisotopic (exact) mass is 414 g/mol. The highest BCUT2D eigenvalue weighted by Gasteiger charge is 2.33. The van der Waals surface area contributed by atoms with E-state index in [1.54, 1.807) is 23.1 Å². The number of ketones is 1. The first-order chi connectivity index (χ1) is 14.4. The van der Waals surface area contributed by atoms with E-state index in [9.17, 15) is 19.2 Å². The van der Waals surface area contributed by atoms with Crippen LogP contribution in [0.2, 0.25) is 0 Å². The summed E-state index contributed by atoms with van der Waals surface area (Å²) in [6.45, 7) is 2.31. The number of benzene rings is 1. The smallest absolute Gasteiger partial charge is 0.262 e. The molecule has 2 N–H and O–H groups in total. The number of likely N-dealkylation sites (tertiary alicyclic amines) is 1. The maximum Gasteiger partial charge on any atom is 0.262 e. The molecule has 3 aliphatic rings. The Morgan fingerprint density at radius 3 is 2.67 bits per heavy atom. The molecule has 3 aliphatic heterocycles. The Bertz CT molecular complexity index is 878. The fraction of sp³-hybridized carbons (Fsp3) is 0.524. The van der Waals surface area contributed by atoms with Gasteiger partial charge in [0.2, 0.25) is 11.8 Å². The summed E-state index contributed by atoms with van der Waals surface area (Å²) < 4.78 is 5.33. The van der Waals surface area contributed by atoms with Gasteiger partial charge in [0.15, 0.2) is 12.4 Å². The van der Waals surface area contributed by atoms with Crippen molar-refractivity contribution in [1.82, 2.24) is 15.1 Å². The molecule has 160 valence electrons. The zero-order valence-electron chi connectivity index (χ0n) is 17.0. The molecule has 9 heteroatoms. The van der Waals surface area contributed by atoms with Crippen molar-refractivity contribution in [2.45, 2.75) is 25.3 Å². The first-order valence-electron chi connectivity index (χ1n) is 10.3. The number of rotatable bonds is 4. The number of anilines is 1. The summed E-state index contributed by atoms with van der Waals surface area (Å²) >= 11 is 0. The highest BCUT2D eigenvalue weighted by Crippen LogP contribution is 2.31. The molecule has 0 bridgehead atoms. The van der Waals surface area contributed by atoms with Crippen LogP contribution in [0.4, 0.5) is 5.69 Å². The first kappa shape index (κ1) is 20.3. The largest absolute Gasteiger partial charge is 0.482 e.